The monoisotopic (exact) mass is 194 g/mol. The third kappa shape index (κ3) is 1.08. The van der Waals surface area contributed by atoms with Crippen LogP contribution in [-0.4, -0.2) is 0 Å². The predicted molar refractivity (Wildman–Crippen MR) is 65.4 cm³/mol. The highest BCUT2D eigenvalue weighted by Gasteiger charge is 2.27. The van der Waals surface area contributed by atoms with Gasteiger partial charge in [-0.2, -0.15) is 0 Å². The average molecular weight is 194 g/mol. The van der Waals surface area contributed by atoms with E-state index in [1.165, 1.54) is 33.4 Å². The van der Waals surface area contributed by atoms with E-state index in [1.54, 1.807) is 0 Å². The summed E-state index contributed by atoms with van der Waals surface area (Å²) in [5.74, 6) is 0. The lowest BCUT2D eigenvalue weighted by Gasteiger charge is -2.31. The van der Waals surface area contributed by atoms with Crippen molar-refractivity contribution in [2.24, 2.45) is 0 Å². The molecule has 1 aromatic carbocycles. The van der Waals surface area contributed by atoms with E-state index in [0.717, 1.165) is 6.42 Å². The molecule has 0 saturated carbocycles. The first kappa shape index (κ1) is 8.72. The Bertz CT molecular complexity index is 521. The Morgan fingerprint density at radius 2 is 1.80 bits per heavy atom. The Labute approximate surface area is 90.6 Å². The quantitative estimate of drug-likeness (QED) is 0.580. The highest BCUT2D eigenvalue weighted by molar-refractivity contribution is 6.14. The number of benzene rings is 1. The Hall–Kier alpha value is -1.56. The topological polar surface area (TPSA) is 0 Å². The van der Waals surface area contributed by atoms with Crippen LogP contribution in [0.5, 0.6) is 0 Å². The molecule has 0 aromatic heterocycles. The third-order valence-electron chi connectivity index (χ3n) is 3.27. The molecule has 74 valence electrons. The number of fused-ring (bicyclic) bond motifs is 3. The number of hydrogen-bond donors (Lipinski definition) is 0. The first-order valence-corrected chi connectivity index (χ1v) is 5.46. The van der Waals surface area contributed by atoms with Crippen LogP contribution in [0.4, 0.5) is 0 Å². The maximum Gasteiger partial charge on any atom is -0.00645 e. The normalized spacial score (nSPS) is 17.1. The van der Waals surface area contributed by atoms with Crippen molar-refractivity contribution in [1.82, 2.24) is 0 Å². The molecule has 0 radical (unpaired) electrons. The van der Waals surface area contributed by atoms with Crippen LogP contribution in [0, 0.1) is 0 Å². The van der Waals surface area contributed by atoms with Gasteiger partial charge in [-0.1, -0.05) is 42.0 Å². The first-order valence-electron chi connectivity index (χ1n) is 5.46. The molecule has 0 heterocycles. The van der Waals surface area contributed by atoms with E-state index in [0.29, 0.717) is 0 Å². The van der Waals surface area contributed by atoms with Crippen molar-refractivity contribution < 1.29 is 0 Å². The number of hydrogen-bond acceptors (Lipinski definition) is 0. The second-order valence-corrected chi connectivity index (χ2v) is 4.42. The molecule has 3 rings (SSSR count). The molecular formula is C15H14. The molecule has 0 amide bonds. The summed E-state index contributed by atoms with van der Waals surface area (Å²) in [6.07, 6.45) is 5.64. The van der Waals surface area contributed by atoms with Gasteiger partial charge in [0.2, 0.25) is 0 Å². The average Bonchev–Trinajstić information content (AvgIpc) is 2.24. The predicted octanol–water partition coefficient (Wildman–Crippen LogP) is 4.21. The van der Waals surface area contributed by atoms with Gasteiger partial charge in [0, 0.05) is 0 Å². The Morgan fingerprint density at radius 1 is 1.07 bits per heavy atom. The molecule has 2 aliphatic carbocycles. The summed E-state index contributed by atoms with van der Waals surface area (Å²) < 4.78 is 0. The van der Waals surface area contributed by atoms with Crippen LogP contribution < -0.4 is 0 Å². The molecule has 2 aliphatic rings. The minimum Gasteiger partial charge on any atom is -0.0795 e. The van der Waals surface area contributed by atoms with Gasteiger partial charge in [-0.25, -0.2) is 0 Å². The van der Waals surface area contributed by atoms with Crippen molar-refractivity contribution in [2.45, 2.75) is 20.3 Å². The lowest BCUT2D eigenvalue weighted by molar-refractivity contribution is 1.17. The highest BCUT2D eigenvalue weighted by atomic mass is 14.3. The summed E-state index contributed by atoms with van der Waals surface area (Å²) >= 11 is 0. The van der Waals surface area contributed by atoms with Gasteiger partial charge >= 0.3 is 0 Å². The zero-order valence-electron chi connectivity index (χ0n) is 9.17. The van der Waals surface area contributed by atoms with Crippen LogP contribution in [0.2, 0.25) is 0 Å². The van der Waals surface area contributed by atoms with Crippen LogP contribution in [0.15, 0.2) is 47.6 Å². The van der Waals surface area contributed by atoms with Crippen molar-refractivity contribution in [3.63, 3.8) is 0 Å². The molecule has 15 heavy (non-hydrogen) atoms. The van der Waals surface area contributed by atoms with Gasteiger partial charge < -0.3 is 0 Å². The fraction of sp³-hybridized carbons (Fsp3) is 0.200. The van der Waals surface area contributed by atoms with Gasteiger partial charge in [0.15, 0.2) is 0 Å². The van der Waals surface area contributed by atoms with E-state index in [9.17, 15) is 0 Å². The molecule has 0 N–H and O–H groups in total. The molecule has 0 spiro atoms. The van der Waals surface area contributed by atoms with Gasteiger partial charge in [0.25, 0.3) is 0 Å². The van der Waals surface area contributed by atoms with E-state index >= 15 is 0 Å². The molecule has 0 unspecified atom stereocenters. The van der Waals surface area contributed by atoms with Crippen molar-refractivity contribution >= 4 is 11.1 Å². The van der Waals surface area contributed by atoms with Crippen LogP contribution in [-0.2, 0) is 0 Å². The van der Waals surface area contributed by atoms with E-state index in [2.05, 4.69) is 50.3 Å². The molecule has 0 bridgehead atoms. The molecule has 1 aromatic rings. The maximum absolute atomic E-state index is 2.27. The maximum atomic E-state index is 2.27. The fourth-order valence-corrected chi connectivity index (χ4v) is 2.50. The van der Waals surface area contributed by atoms with E-state index in [4.69, 9.17) is 0 Å². The molecule has 0 saturated heterocycles. The number of rotatable bonds is 0. The van der Waals surface area contributed by atoms with Crippen molar-refractivity contribution in [2.75, 3.05) is 0 Å². The molecule has 0 fully saturated rings. The summed E-state index contributed by atoms with van der Waals surface area (Å²) in [7, 11) is 0. The molecule has 0 aliphatic heterocycles. The van der Waals surface area contributed by atoms with Crippen molar-refractivity contribution in [3.8, 4) is 0 Å². The summed E-state index contributed by atoms with van der Waals surface area (Å²) in [4.78, 5) is 0. The zero-order valence-corrected chi connectivity index (χ0v) is 9.17. The van der Waals surface area contributed by atoms with Crippen LogP contribution in [0.1, 0.15) is 31.4 Å². The van der Waals surface area contributed by atoms with Gasteiger partial charge in [0.1, 0.15) is 0 Å². The molecule has 0 atom stereocenters. The largest absolute Gasteiger partial charge is 0.0795 e. The van der Waals surface area contributed by atoms with Gasteiger partial charge in [-0.05, 0) is 48.1 Å². The third-order valence-corrected chi connectivity index (χ3v) is 3.27. The second kappa shape index (κ2) is 2.96. The van der Waals surface area contributed by atoms with Gasteiger partial charge in [0.05, 0.1) is 0 Å². The summed E-state index contributed by atoms with van der Waals surface area (Å²) in [5.41, 5.74) is 8.75. The fourth-order valence-electron chi connectivity index (χ4n) is 2.50. The lowest BCUT2D eigenvalue weighted by Crippen LogP contribution is -2.10. The highest BCUT2D eigenvalue weighted by Crippen LogP contribution is 2.48. The molecule has 0 heteroatoms. The minimum absolute atomic E-state index is 1.09. The van der Waals surface area contributed by atoms with Gasteiger partial charge in [-0.15, -0.1) is 0 Å². The van der Waals surface area contributed by atoms with Crippen LogP contribution in [0.3, 0.4) is 0 Å². The smallest absolute Gasteiger partial charge is 0.00645 e. The van der Waals surface area contributed by atoms with Crippen molar-refractivity contribution in [3.05, 3.63) is 58.7 Å². The van der Waals surface area contributed by atoms with Crippen LogP contribution >= 0.6 is 0 Å². The Balaban J connectivity index is 2.22. The van der Waals surface area contributed by atoms with E-state index in [-0.39, 0.29) is 0 Å². The van der Waals surface area contributed by atoms with E-state index in [1.807, 2.05) is 0 Å². The summed E-state index contributed by atoms with van der Waals surface area (Å²) in [5, 5.41) is 0. The zero-order chi connectivity index (χ0) is 10.4. The molecular weight excluding hydrogens is 180 g/mol. The summed E-state index contributed by atoms with van der Waals surface area (Å²) in [6.45, 7) is 4.42. The Morgan fingerprint density at radius 3 is 2.53 bits per heavy atom. The molecule has 0 nitrogen and oxygen atoms in total. The first-order chi connectivity index (χ1) is 7.29. The Kier molecular flexibility index (Phi) is 1.72. The van der Waals surface area contributed by atoms with Gasteiger partial charge in [-0.3, -0.25) is 0 Å². The SMILES string of the molecule is CC(C)=C1CC=CC2=C1c1ccccc12. The van der Waals surface area contributed by atoms with E-state index < -0.39 is 0 Å². The standard InChI is InChI=1S/C15H14/c1-10(2)11-8-5-9-14-12-6-3-4-7-13(12)15(11)14/h3-7,9H,8H2,1-2H3. The number of allylic oxidation sites excluding steroid dienone is 6. The minimum atomic E-state index is 1.09. The summed E-state index contributed by atoms with van der Waals surface area (Å²) in [6, 6.07) is 8.69. The second-order valence-electron chi connectivity index (χ2n) is 4.42. The van der Waals surface area contributed by atoms with Crippen molar-refractivity contribution in [1.29, 1.82) is 0 Å². The van der Waals surface area contributed by atoms with Crippen LogP contribution in [0.25, 0.3) is 11.1 Å². The lowest BCUT2D eigenvalue weighted by atomic mass is 9.72.